The third-order valence-corrected chi connectivity index (χ3v) is 6.31. The zero-order valence-corrected chi connectivity index (χ0v) is 11.6. The van der Waals surface area contributed by atoms with Crippen molar-refractivity contribution in [2.75, 3.05) is 12.3 Å². The Morgan fingerprint density at radius 1 is 1.26 bits per heavy atom. The maximum Gasteiger partial charge on any atom is 0.246 e. The van der Waals surface area contributed by atoms with Gasteiger partial charge in [-0.1, -0.05) is 6.42 Å². The lowest BCUT2D eigenvalue weighted by Crippen LogP contribution is -2.46. The van der Waals surface area contributed by atoms with Crippen LogP contribution in [0.3, 0.4) is 0 Å². The quantitative estimate of drug-likeness (QED) is 0.893. The van der Waals surface area contributed by atoms with Gasteiger partial charge in [-0.3, -0.25) is 4.98 Å². The molecule has 0 radical (unpaired) electrons. The van der Waals surface area contributed by atoms with E-state index in [9.17, 15) is 8.42 Å². The summed E-state index contributed by atoms with van der Waals surface area (Å²) in [6.07, 6.45) is 8.24. The summed E-state index contributed by atoms with van der Waals surface area (Å²) < 4.78 is 27.2. The van der Waals surface area contributed by atoms with Crippen LogP contribution in [0, 0.1) is 5.92 Å². The number of piperidine rings is 1. The van der Waals surface area contributed by atoms with Gasteiger partial charge in [0.05, 0.1) is 5.69 Å². The van der Waals surface area contributed by atoms with Crippen molar-refractivity contribution in [1.29, 1.82) is 0 Å². The smallest absolute Gasteiger partial charge is 0.246 e. The van der Waals surface area contributed by atoms with Gasteiger partial charge in [0.25, 0.3) is 0 Å². The highest BCUT2D eigenvalue weighted by molar-refractivity contribution is 7.89. The monoisotopic (exact) mass is 281 g/mol. The average molecular weight is 281 g/mol. The first-order valence-corrected chi connectivity index (χ1v) is 8.26. The topological polar surface area (TPSA) is 76.3 Å². The summed E-state index contributed by atoms with van der Waals surface area (Å²) in [5.41, 5.74) is 6.09. The minimum Gasteiger partial charge on any atom is -0.398 e. The molecule has 2 unspecified atom stereocenters. The highest BCUT2D eigenvalue weighted by atomic mass is 32.2. The van der Waals surface area contributed by atoms with Crippen LogP contribution in [0.4, 0.5) is 5.69 Å². The number of hydrogen-bond donors (Lipinski definition) is 1. The molecule has 1 aliphatic heterocycles. The summed E-state index contributed by atoms with van der Waals surface area (Å²) in [6, 6.07) is 1.71. The fraction of sp³-hybridized carbons (Fsp3) is 0.615. The number of anilines is 1. The molecule has 0 bridgehead atoms. The van der Waals surface area contributed by atoms with E-state index in [1.807, 2.05) is 0 Å². The van der Waals surface area contributed by atoms with E-state index in [0.29, 0.717) is 12.5 Å². The molecule has 2 fully saturated rings. The molecule has 2 atom stereocenters. The van der Waals surface area contributed by atoms with E-state index < -0.39 is 10.0 Å². The van der Waals surface area contributed by atoms with Crippen LogP contribution in [0.5, 0.6) is 0 Å². The first-order chi connectivity index (χ1) is 9.10. The molecule has 0 aromatic carbocycles. The van der Waals surface area contributed by atoms with Crippen molar-refractivity contribution in [3.8, 4) is 0 Å². The molecule has 19 heavy (non-hydrogen) atoms. The Morgan fingerprint density at radius 3 is 2.84 bits per heavy atom. The van der Waals surface area contributed by atoms with E-state index in [-0.39, 0.29) is 16.6 Å². The van der Waals surface area contributed by atoms with Gasteiger partial charge in [0.15, 0.2) is 0 Å². The van der Waals surface area contributed by atoms with Gasteiger partial charge < -0.3 is 5.73 Å². The van der Waals surface area contributed by atoms with Crippen LogP contribution in [0.15, 0.2) is 23.4 Å². The molecule has 2 aliphatic rings. The Hall–Kier alpha value is -1.14. The van der Waals surface area contributed by atoms with Crippen molar-refractivity contribution in [2.45, 2.75) is 43.0 Å². The molecule has 1 aromatic heterocycles. The van der Waals surface area contributed by atoms with Crippen LogP contribution in [-0.4, -0.2) is 30.3 Å². The Kier molecular flexibility index (Phi) is 3.22. The minimum absolute atomic E-state index is 0.155. The van der Waals surface area contributed by atoms with Crippen molar-refractivity contribution in [3.63, 3.8) is 0 Å². The van der Waals surface area contributed by atoms with E-state index in [0.717, 1.165) is 32.1 Å². The summed E-state index contributed by atoms with van der Waals surface area (Å²) >= 11 is 0. The third kappa shape index (κ3) is 2.12. The second-order valence-corrected chi connectivity index (χ2v) is 7.29. The molecule has 1 saturated heterocycles. The van der Waals surface area contributed by atoms with Gasteiger partial charge in [0, 0.05) is 25.0 Å². The molecule has 3 rings (SSSR count). The number of sulfonamides is 1. The standard InChI is InChI=1S/C13H19N3O2S/c14-11-6-7-15-9-13(11)19(17,18)16-8-2-4-10-3-1-5-12(10)16/h6-7,9-10,12H,1-5,8H2,(H2,14,15). The summed E-state index contributed by atoms with van der Waals surface area (Å²) in [5, 5.41) is 0. The summed E-state index contributed by atoms with van der Waals surface area (Å²) in [5.74, 6) is 0.529. The Balaban J connectivity index is 1.98. The second kappa shape index (κ2) is 4.76. The highest BCUT2D eigenvalue weighted by Crippen LogP contribution is 2.39. The van der Waals surface area contributed by atoms with E-state index >= 15 is 0 Å². The van der Waals surface area contributed by atoms with Crippen molar-refractivity contribution < 1.29 is 8.42 Å². The van der Waals surface area contributed by atoms with Gasteiger partial charge in [-0.25, -0.2) is 8.42 Å². The molecule has 6 heteroatoms. The molecular weight excluding hydrogens is 262 g/mol. The maximum absolute atomic E-state index is 12.8. The number of aromatic nitrogens is 1. The van der Waals surface area contributed by atoms with Crippen molar-refractivity contribution >= 4 is 15.7 Å². The SMILES string of the molecule is Nc1ccncc1S(=O)(=O)N1CCCC2CCCC21. The number of hydrogen-bond acceptors (Lipinski definition) is 4. The zero-order chi connectivity index (χ0) is 13.5. The van der Waals surface area contributed by atoms with Crippen molar-refractivity contribution in [2.24, 2.45) is 5.92 Å². The van der Waals surface area contributed by atoms with Gasteiger partial charge in [-0.15, -0.1) is 0 Å². The lowest BCUT2D eigenvalue weighted by Gasteiger charge is -2.36. The largest absolute Gasteiger partial charge is 0.398 e. The number of fused-ring (bicyclic) bond motifs is 1. The molecular formula is C13H19N3O2S. The normalized spacial score (nSPS) is 28.2. The highest BCUT2D eigenvalue weighted by Gasteiger charge is 2.41. The molecule has 1 aliphatic carbocycles. The van der Waals surface area contributed by atoms with E-state index in [1.54, 1.807) is 10.4 Å². The van der Waals surface area contributed by atoms with Crippen molar-refractivity contribution in [1.82, 2.24) is 9.29 Å². The van der Waals surface area contributed by atoms with Gasteiger partial charge in [0.1, 0.15) is 4.90 Å². The number of rotatable bonds is 2. The molecule has 2 heterocycles. The second-order valence-electron chi connectivity index (χ2n) is 5.43. The van der Waals surface area contributed by atoms with Gasteiger partial charge in [-0.05, 0) is 37.7 Å². The van der Waals surface area contributed by atoms with Crippen LogP contribution in [0.2, 0.25) is 0 Å². The Morgan fingerprint density at radius 2 is 2.05 bits per heavy atom. The zero-order valence-electron chi connectivity index (χ0n) is 10.8. The third-order valence-electron chi connectivity index (χ3n) is 4.35. The van der Waals surface area contributed by atoms with Crippen LogP contribution >= 0.6 is 0 Å². The molecule has 0 spiro atoms. The van der Waals surface area contributed by atoms with Gasteiger partial charge in [0.2, 0.25) is 10.0 Å². The fourth-order valence-corrected chi connectivity index (χ4v) is 5.26. The molecule has 5 nitrogen and oxygen atoms in total. The predicted molar refractivity (Wildman–Crippen MR) is 72.9 cm³/mol. The fourth-order valence-electron chi connectivity index (χ4n) is 3.44. The van der Waals surface area contributed by atoms with Gasteiger partial charge >= 0.3 is 0 Å². The molecule has 1 saturated carbocycles. The first kappa shape index (κ1) is 12.9. The Labute approximate surface area is 113 Å². The lowest BCUT2D eigenvalue weighted by molar-refractivity contribution is 0.202. The maximum atomic E-state index is 12.8. The van der Waals surface area contributed by atoms with E-state index in [2.05, 4.69) is 4.98 Å². The Bertz CT molecular complexity index is 573. The van der Waals surface area contributed by atoms with Crippen molar-refractivity contribution in [3.05, 3.63) is 18.5 Å². The average Bonchev–Trinajstić information content (AvgIpc) is 2.86. The van der Waals surface area contributed by atoms with Gasteiger partial charge in [-0.2, -0.15) is 4.31 Å². The number of pyridine rings is 1. The summed E-state index contributed by atoms with van der Waals surface area (Å²) in [6.45, 7) is 0.609. The summed E-state index contributed by atoms with van der Waals surface area (Å²) in [4.78, 5) is 4.06. The summed E-state index contributed by atoms with van der Waals surface area (Å²) in [7, 11) is -3.50. The first-order valence-electron chi connectivity index (χ1n) is 6.82. The number of nitrogen functional groups attached to an aromatic ring is 1. The van der Waals surface area contributed by atoms with Crippen LogP contribution in [0.25, 0.3) is 0 Å². The van der Waals surface area contributed by atoms with E-state index in [4.69, 9.17) is 5.73 Å². The lowest BCUT2D eigenvalue weighted by atomic mass is 9.94. The number of nitrogens with zero attached hydrogens (tertiary/aromatic N) is 2. The minimum atomic E-state index is -3.50. The molecule has 1 aromatic rings. The molecule has 2 N–H and O–H groups in total. The number of nitrogens with two attached hydrogens (primary N) is 1. The molecule has 0 amide bonds. The molecule has 104 valence electrons. The van der Waals surface area contributed by atoms with E-state index in [1.165, 1.54) is 12.4 Å². The predicted octanol–water partition coefficient (Wildman–Crippen LogP) is 1.62. The van der Waals surface area contributed by atoms with Crippen LogP contribution in [0.1, 0.15) is 32.1 Å². The van der Waals surface area contributed by atoms with Crippen LogP contribution < -0.4 is 5.73 Å². The van der Waals surface area contributed by atoms with Crippen LogP contribution in [-0.2, 0) is 10.0 Å².